The van der Waals surface area contributed by atoms with Gasteiger partial charge in [0, 0.05) is 5.92 Å². The number of carbonyl (C=O) groups is 1. The summed E-state index contributed by atoms with van der Waals surface area (Å²) in [6, 6.07) is 16.3. The van der Waals surface area contributed by atoms with Crippen molar-refractivity contribution in [2.45, 2.75) is 20.8 Å². The van der Waals surface area contributed by atoms with Crippen molar-refractivity contribution in [3.63, 3.8) is 0 Å². The third-order valence-corrected chi connectivity index (χ3v) is 3.95. The third kappa shape index (κ3) is 5.87. The van der Waals surface area contributed by atoms with E-state index in [1.54, 1.807) is 0 Å². The Morgan fingerprint density at radius 3 is 2.04 bits per heavy atom. The highest BCUT2D eigenvalue weighted by atomic mass is 16.5. The van der Waals surface area contributed by atoms with Gasteiger partial charge < -0.3 is 9.47 Å². The van der Waals surface area contributed by atoms with Gasteiger partial charge in [0.05, 0.1) is 6.61 Å². The molecule has 0 fully saturated rings. The van der Waals surface area contributed by atoms with E-state index >= 15 is 0 Å². The van der Waals surface area contributed by atoms with Crippen LogP contribution in [-0.4, -0.2) is 25.6 Å². The minimum atomic E-state index is 0.0120. The predicted octanol–water partition coefficient (Wildman–Crippen LogP) is 5.01. The minimum absolute atomic E-state index is 0.0120. The maximum absolute atomic E-state index is 11.4. The molecule has 0 saturated heterocycles. The highest BCUT2D eigenvalue weighted by Crippen LogP contribution is 2.24. The molecular formula is C22H26O3. The molecule has 0 bridgehead atoms. The van der Waals surface area contributed by atoms with Gasteiger partial charge in [-0.1, -0.05) is 62.4 Å². The molecule has 0 radical (unpaired) electrons. The third-order valence-electron chi connectivity index (χ3n) is 3.95. The van der Waals surface area contributed by atoms with Crippen molar-refractivity contribution < 1.29 is 14.3 Å². The number of benzene rings is 2. The smallest absolute Gasteiger partial charge is 0.160 e. The first-order valence-electron chi connectivity index (χ1n) is 8.57. The molecule has 0 aliphatic rings. The standard InChI is InChI=1S/C22H26O3/c1-16(2)18-5-7-19(8-6-18)20-9-11-21(12-10-20)25-14-13-24-15-22(23)17(3)4/h5-12,17H,1,13-15H2,2-4H3. The molecule has 132 valence electrons. The summed E-state index contributed by atoms with van der Waals surface area (Å²) >= 11 is 0. The Morgan fingerprint density at radius 1 is 0.960 bits per heavy atom. The second-order valence-electron chi connectivity index (χ2n) is 6.40. The fraction of sp³-hybridized carbons (Fsp3) is 0.318. The van der Waals surface area contributed by atoms with Crippen molar-refractivity contribution in [1.29, 1.82) is 0 Å². The van der Waals surface area contributed by atoms with Crippen LogP contribution in [0.2, 0.25) is 0 Å². The summed E-state index contributed by atoms with van der Waals surface area (Å²) in [7, 11) is 0. The molecule has 3 nitrogen and oxygen atoms in total. The van der Waals surface area contributed by atoms with E-state index in [1.165, 1.54) is 0 Å². The number of Topliss-reactive ketones (excluding diaryl/α,β-unsaturated/α-hetero) is 1. The Balaban J connectivity index is 1.81. The average molecular weight is 338 g/mol. The van der Waals surface area contributed by atoms with Gasteiger partial charge in [-0.15, -0.1) is 0 Å². The maximum Gasteiger partial charge on any atom is 0.160 e. The molecule has 0 N–H and O–H groups in total. The van der Waals surface area contributed by atoms with E-state index < -0.39 is 0 Å². The van der Waals surface area contributed by atoms with Crippen molar-refractivity contribution in [2.75, 3.05) is 19.8 Å². The topological polar surface area (TPSA) is 35.5 Å². The second kappa shape index (κ2) is 9.19. The van der Waals surface area contributed by atoms with Gasteiger partial charge in [-0.3, -0.25) is 4.79 Å². The van der Waals surface area contributed by atoms with Crippen LogP contribution in [0.15, 0.2) is 55.1 Å². The molecule has 2 aromatic carbocycles. The van der Waals surface area contributed by atoms with Crippen LogP contribution in [0.4, 0.5) is 0 Å². The van der Waals surface area contributed by atoms with Crippen LogP contribution in [0, 0.1) is 5.92 Å². The van der Waals surface area contributed by atoms with Crippen LogP contribution in [0.1, 0.15) is 26.3 Å². The van der Waals surface area contributed by atoms with Gasteiger partial charge in [0.2, 0.25) is 0 Å². The molecule has 0 aromatic heterocycles. The quantitative estimate of drug-likeness (QED) is 0.603. The number of rotatable bonds is 9. The van der Waals surface area contributed by atoms with E-state index in [2.05, 4.69) is 30.8 Å². The van der Waals surface area contributed by atoms with Gasteiger partial charge in [-0.05, 0) is 35.7 Å². The lowest BCUT2D eigenvalue weighted by molar-refractivity contribution is -0.126. The zero-order valence-corrected chi connectivity index (χ0v) is 15.2. The lowest BCUT2D eigenvalue weighted by Gasteiger charge is -2.09. The van der Waals surface area contributed by atoms with Gasteiger partial charge in [-0.2, -0.15) is 0 Å². The second-order valence-corrected chi connectivity index (χ2v) is 6.40. The summed E-state index contributed by atoms with van der Waals surface area (Å²) in [5.41, 5.74) is 4.51. The van der Waals surface area contributed by atoms with Crippen LogP contribution >= 0.6 is 0 Å². The molecule has 0 spiro atoms. The Labute approximate surface area is 150 Å². The van der Waals surface area contributed by atoms with E-state index in [0.717, 1.165) is 28.0 Å². The molecular weight excluding hydrogens is 312 g/mol. The lowest BCUT2D eigenvalue weighted by atomic mass is 10.0. The predicted molar refractivity (Wildman–Crippen MR) is 103 cm³/mol. The average Bonchev–Trinajstić information content (AvgIpc) is 2.61. The zero-order valence-electron chi connectivity index (χ0n) is 15.2. The highest BCUT2D eigenvalue weighted by molar-refractivity contribution is 5.81. The van der Waals surface area contributed by atoms with Gasteiger partial charge in [0.15, 0.2) is 5.78 Å². The van der Waals surface area contributed by atoms with E-state index in [0.29, 0.717) is 13.2 Å². The van der Waals surface area contributed by atoms with Gasteiger partial charge in [-0.25, -0.2) is 0 Å². The molecule has 25 heavy (non-hydrogen) atoms. The van der Waals surface area contributed by atoms with Gasteiger partial charge >= 0.3 is 0 Å². The molecule has 0 amide bonds. The summed E-state index contributed by atoms with van der Waals surface area (Å²) in [4.78, 5) is 11.4. The normalized spacial score (nSPS) is 10.7. The van der Waals surface area contributed by atoms with Crippen LogP contribution in [-0.2, 0) is 9.53 Å². The Kier molecular flexibility index (Phi) is 6.96. The monoisotopic (exact) mass is 338 g/mol. The van der Waals surface area contributed by atoms with Crippen molar-refractivity contribution in [3.05, 3.63) is 60.7 Å². The molecule has 2 aromatic rings. The molecule has 0 saturated carbocycles. The van der Waals surface area contributed by atoms with Crippen molar-refractivity contribution in [1.82, 2.24) is 0 Å². The van der Waals surface area contributed by atoms with E-state index in [-0.39, 0.29) is 18.3 Å². The van der Waals surface area contributed by atoms with Gasteiger partial charge in [0.25, 0.3) is 0 Å². The number of ketones is 1. The van der Waals surface area contributed by atoms with Crippen LogP contribution in [0.25, 0.3) is 16.7 Å². The lowest BCUT2D eigenvalue weighted by Crippen LogP contribution is -2.17. The molecule has 0 aliphatic carbocycles. The van der Waals surface area contributed by atoms with E-state index in [9.17, 15) is 4.79 Å². The summed E-state index contributed by atoms with van der Waals surface area (Å²) in [6.07, 6.45) is 0. The number of ether oxygens (including phenoxy) is 2. The van der Waals surface area contributed by atoms with Crippen LogP contribution < -0.4 is 4.74 Å². The van der Waals surface area contributed by atoms with Crippen LogP contribution in [0.3, 0.4) is 0 Å². The zero-order chi connectivity index (χ0) is 18.2. The largest absolute Gasteiger partial charge is 0.491 e. The van der Waals surface area contributed by atoms with Crippen LogP contribution in [0.5, 0.6) is 5.75 Å². The Morgan fingerprint density at radius 2 is 1.52 bits per heavy atom. The molecule has 2 rings (SSSR count). The molecule has 3 heteroatoms. The minimum Gasteiger partial charge on any atom is -0.491 e. The molecule has 0 unspecified atom stereocenters. The summed E-state index contributed by atoms with van der Waals surface area (Å²) < 4.78 is 11.0. The Bertz CT molecular complexity index is 697. The first-order valence-corrected chi connectivity index (χ1v) is 8.57. The van der Waals surface area contributed by atoms with Crippen molar-refractivity contribution in [2.24, 2.45) is 5.92 Å². The first-order chi connectivity index (χ1) is 12.0. The number of carbonyl (C=O) groups excluding carboxylic acids is 1. The maximum atomic E-state index is 11.4. The van der Waals surface area contributed by atoms with E-state index in [4.69, 9.17) is 9.47 Å². The van der Waals surface area contributed by atoms with Crippen molar-refractivity contribution in [3.8, 4) is 16.9 Å². The Hall–Kier alpha value is -2.39. The molecule has 0 aliphatic heterocycles. The number of hydrogen-bond donors (Lipinski definition) is 0. The van der Waals surface area contributed by atoms with Crippen molar-refractivity contribution >= 4 is 11.4 Å². The number of allylic oxidation sites excluding steroid dienone is 1. The number of hydrogen-bond acceptors (Lipinski definition) is 3. The summed E-state index contributed by atoms with van der Waals surface area (Å²) in [5, 5.41) is 0. The fourth-order valence-corrected chi connectivity index (χ4v) is 2.25. The highest BCUT2D eigenvalue weighted by Gasteiger charge is 2.06. The first kappa shape index (κ1) is 18.9. The fourth-order valence-electron chi connectivity index (χ4n) is 2.25. The summed E-state index contributed by atoms with van der Waals surface area (Å²) in [5.74, 6) is 0.918. The summed E-state index contributed by atoms with van der Waals surface area (Å²) in [6.45, 7) is 10.7. The van der Waals surface area contributed by atoms with E-state index in [1.807, 2.05) is 45.0 Å². The molecule has 0 atom stereocenters. The molecule has 0 heterocycles. The van der Waals surface area contributed by atoms with Gasteiger partial charge in [0.1, 0.15) is 19.0 Å². The SMILES string of the molecule is C=C(C)c1ccc(-c2ccc(OCCOCC(=O)C(C)C)cc2)cc1.